The van der Waals surface area contributed by atoms with E-state index in [1.807, 2.05) is 30.3 Å². The van der Waals surface area contributed by atoms with E-state index < -0.39 is 5.97 Å². The number of hydrogen-bond donors (Lipinski definition) is 2. The lowest BCUT2D eigenvalue weighted by Gasteiger charge is -2.18. The molecule has 0 unspecified atom stereocenters. The monoisotopic (exact) mass is 383 g/mol. The van der Waals surface area contributed by atoms with Crippen LogP contribution < -0.4 is 14.8 Å². The largest absolute Gasteiger partial charge is 0.493 e. The molecule has 1 heterocycles. The van der Waals surface area contributed by atoms with Crippen molar-refractivity contribution in [1.82, 2.24) is 5.32 Å². The molecule has 2 aromatic rings. The molecule has 0 atom stereocenters. The average Bonchev–Trinajstić information content (AvgIpc) is 3.07. The van der Waals surface area contributed by atoms with Gasteiger partial charge < -0.3 is 19.9 Å². The predicted molar refractivity (Wildman–Crippen MR) is 106 cm³/mol. The zero-order valence-corrected chi connectivity index (χ0v) is 16.2. The molecular weight excluding hydrogens is 358 g/mol. The van der Waals surface area contributed by atoms with Gasteiger partial charge in [-0.05, 0) is 54.2 Å². The minimum atomic E-state index is -0.763. The third kappa shape index (κ3) is 4.11. The molecule has 2 aromatic carbocycles. The Hall–Kier alpha value is -3.02. The van der Waals surface area contributed by atoms with Gasteiger partial charge in [0.25, 0.3) is 5.91 Å². The highest BCUT2D eigenvalue weighted by atomic mass is 16.5. The molecule has 1 aliphatic heterocycles. The second-order valence-corrected chi connectivity index (χ2v) is 6.84. The normalized spacial score (nSPS) is 12.4. The number of unbranched alkanes of at least 4 members (excludes halogenated alkanes) is 2. The first-order chi connectivity index (χ1) is 13.5. The third-order valence-electron chi connectivity index (χ3n) is 5.07. The summed E-state index contributed by atoms with van der Waals surface area (Å²) in [6, 6.07) is 9.76. The third-order valence-corrected chi connectivity index (χ3v) is 5.07. The molecule has 0 aromatic heterocycles. The summed E-state index contributed by atoms with van der Waals surface area (Å²) in [7, 11) is 3.24. The van der Waals surface area contributed by atoms with Gasteiger partial charge in [0.05, 0.1) is 14.2 Å². The van der Waals surface area contributed by atoms with Crippen molar-refractivity contribution < 1.29 is 24.2 Å². The van der Waals surface area contributed by atoms with E-state index in [-0.39, 0.29) is 12.3 Å². The Labute approximate surface area is 164 Å². The average molecular weight is 383 g/mol. The van der Waals surface area contributed by atoms with Crippen LogP contribution in [0.1, 0.15) is 47.2 Å². The lowest BCUT2D eigenvalue weighted by molar-refractivity contribution is -0.137. The van der Waals surface area contributed by atoms with Crippen molar-refractivity contribution in [1.29, 1.82) is 0 Å². The van der Waals surface area contributed by atoms with Gasteiger partial charge in [-0.15, -0.1) is 0 Å². The smallest absolute Gasteiger partial charge is 0.303 e. The maximum Gasteiger partial charge on any atom is 0.303 e. The number of carboxylic acids is 1. The number of carbonyl (C=O) groups is 2. The van der Waals surface area contributed by atoms with Gasteiger partial charge in [0.2, 0.25) is 0 Å². The molecule has 3 rings (SSSR count). The molecule has 0 saturated carbocycles. The van der Waals surface area contributed by atoms with Crippen LogP contribution in [0.3, 0.4) is 0 Å². The van der Waals surface area contributed by atoms with Gasteiger partial charge in [-0.1, -0.05) is 18.6 Å². The molecule has 6 heteroatoms. The fourth-order valence-electron chi connectivity index (χ4n) is 3.66. The summed E-state index contributed by atoms with van der Waals surface area (Å²) in [4.78, 5) is 22.5. The molecule has 0 spiro atoms. The Bertz CT molecular complexity index is 891. The number of benzene rings is 2. The summed E-state index contributed by atoms with van der Waals surface area (Å²) in [5.74, 6) is 0.575. The molecule has 1 amide bonds. The van der Waals surface area contributed by atoms with Crippen LogP contribution in [0.5, 0.6) is 11.5 Å². The molecule has 6 nitrogen and oxygen atoms in total. The highest BCUT2D eigenvalue weighted by Gasteiger charge is 2.21. The van der Waals surface area contributed by atoms with Crippen molar-refractivity contribution in [2.24, 2.45) is 0 Å². The molecule has 0 radical (unpaired) electrons. The van der Waals surface area contributed by atoms with E-state index in [0.717, 1.165) is 47.1 Å². The van der Waals surface area contributed by atoms with Crippen LogP contribution in [-0.2, 0) is 17.8 Å². The number of amides is 1. The Balaban J connectivity index is 1.91. The Morgan fingerprint density at radius 2 is 1.86 bits per heavy atom. The number of carbonyl (C=O) groups excluding carboxylic acids is 1. The van der Waals surface area contributed by atoms with E-state index >= 15 is 0 Å². The van der Waals surface area contributed by atoms with Gasteiger partial charge in [0, 0.05) is 24.1 Å². The summed E-state index contributed by atoms with van der Waals surface area (Å²) in [6.07, 6.45) is 3.28. The van der Waals surface area contributed by atoms with Crippen LogP contribution in [0, 0.1) is 0 Å². The van der Waals surface area contributed by atoms with Crippen molar-refractivity contribution >= 4 is 11.9 Å². The highest BCUT2D eigenvalue weighted by molar-refractivity contribution is 5.99. The molecule has 2 N–H and O–H groups in total. The minimum Gasteiger partial charge on any atom is -0.493 e. The molecule has 0 bridgehead atoms. The highest BCUT2D eigenvalue weighted by Crippen LogP contribution is 2.39. The van der Waals surface area contributed by atoms with Crippen molar-refractivity contribution in [2.45, 2.75) is 38.6 Å². The zero-order chi connectivity index (χ0) is 20.1. The topological polar surface area (TPSA) is 84.9 Å². The maximum absolute atomic E-state index is 11.8. The van der Waals surface area contributed by atoms with E-state index in [9.17, 15) is 9.59 Å². The van der Waals surface area contributed by atoms with Gasteiger partial charge in [-0.2, -0.15) is 0 Å². The lowest BCUT2D eigenvalue weighted by atomic mass is 9.92. The van der Waals surface area contributed by atoms with E-state index in [4.69, 9.17) is 14.6 Å². The van der Waals surface area contributed by atoms with Crippen molar-refractivity contribution in [3.05, 3.63) is 47.0 Å². The number of nitrogens with one attached hydrogen (secondary N) is 1. The van der Waals surface area contributed by atoms with Crippen LogP contribution >= 0.6 is 0 Å². The Kier molecular flexibility index (Phi) is 6.19. The summed E-state index contributed by atoms with van der Waals surface area (Å²) >= 11 is 0. The first-order valence-corrected chi connectivity index (χ1v) is 9.42. The molecule has 0 fully saturated rings. The Morgan fingerprint density at radius 3 is 2.57 bits per heavy atom. The van der Waals surface area contributed by atoms with E-state index in [2.05, 4.69) is 5.32 Å². The summed E-state index contributed by atoms with van der Waals surface area (Å²) in [5, 5.41) is 11.6. The Morgan fingerprint density at radius 1 is 1.07 bits per heavy atom. The number of ether oxygens (including phenoxy) is 2. The molecule has 0 saturated heterocycles. The number of methoxy groups -OCH3 is 2. The van der Waals surface area contributed by atoms with E-state index in [1.165, 1.54) is 0 Å². The number of fused-ring (bicyclic) bond motifs is 1. The number of rotatable bonds is 9. The predicted octanol–water partition coefficient (Wildman–Crippen LogP) is 3.80. The minimum absolute atomic E-state index is 0.0347. The molecule has 148 valence electrons. The maximum atomic E-state index is 11.8. The van der Waals surface area contributed by atoms with E-state index in [0.29, 0.717) is 24.5 Å². The number of carboxylic acid groups (broad SMARTS) is 1. The standard InChI is InChI=1S/C22H25NO5/c1-27-19-11-10-16(14-8-9-17-15(12-14)13-23-22(17)26)18(21(19)28-2)6-4-3-5-7-20(24)25/h8-12H,3-7,13H2,1-2H3,(H,23,26)(H,24,25). The van der Waals surface area contributed by atoms with Crippen LogP contribution in [0.15, 0.2) is 30.3 Å². The molecule has 1 aliphatic rings. The van der Waals surface area contributed by atoms with E-state index in [1.54, 1.807) is 14.2 Å². The van der Waals surface area contributed by atoms with Crippen molar-refractivity contribution in [2.75, 3.05) is 14.2 Å². The number of aliphatic carboxylic acids is 1. The van der Waals surface area contributed by atoms with Crippen LogP contribution in [0.4, 0.5) is 0 Å². The van der Waals surface area contributed by atoms with Crippen LogP contribution in [0.25, 0.3) is 11.1 Å². The molecule has 0 aliphatic carbocycles. The SMILES string of the molecule is COc1ccc(-c2ccc3c(c2)CNC3=O)c(CCCCCC(=O)O)c1OC. The second kappa shape index (κ2) is 8.78. The fourth-order valence-corrected chi connectivity index (χ4v) is 3.66. The fraction of sp³-hybridized carbons (Fsp3) is 0.364. The number of hydrogen-bond acceptors (Lipinski definition) is 4. The first kappa shape index (κ1) is 19.7. The lowest BCUT2D eigenvalue weighted by Crippen LogP contribution is -2.12. The second-order valence-electron chi connectivity index (χ2n) is 6.84. The molecule has 28 heavy (non-hydrogen) atoms. The summed E-state index contributed by atoms with van der Waals surface area (Å²) in [5.41, 5.74) is 4.81. The van der Waals surface area contributed by atoms with Gasteiger partial charge in [-0.3, -0.25) is 9.59 Å². The quantitative estimate of drug-likeness (QED) is 0.644. The van der Waals surface area contributed by atoms with Crippen LogP contribution in [0.2, 0.25) is 0 Å². The summed E-state index contributed by atoms with van der Waals surface area (Å²) in [6.45, 7) is 0.541. The molecular formula is C22H25NO5. The first-order valence-electron chi connectivity index (χ1n) is 9.42. The van der Waals surface area contributed by atoms with Gasteiger partial charge in [0.15, 0.2) is 11.5 Å². The zero-order valence-electron chi connectivity index (χ0n) is 16.2. The van der Waals surface area contributed by atoms with Gasteiger partial charge >= 0.3 is 5.97 Å². The van der Waals surface area contributed by atoms with Crippen molar-refractivity contribution in [3.63, 3.8) is 0 Å². The van der Waals surface area contributed by atoms with Crippen LogP contribution in [-0.4, -0.2) is 31.2 Å². The summed E-state index contributed by atoms with van der Waals surface area (Å²) < 4.78 is 11.1. The van der Waals surface area contributed by atoms with Gasteiger partial charge in [-0.25, -0.2) is 0 Å². The van der Waals surface area contributed by atoms with Gasteiger partial charge in [0.1, 0.15) is 0 Å². The van der Waals surface area contributed by atoms with Crippen molar-refractivity contribution in [3.8, 4) is 22.6 Å².